The molecular weight excluding hydrogens is 299 g/mol. The Balaban J connectivity index is 1.64. The summed E-state index contributed by atoms with van der Waals surface area (Å²) in [6.45, 7) is 0. The van der Waals surface area contributed by atoms with Gasteiger partial charge in [-0.25, -0.2) is 4.39 Å². The van der Waals surface area contributed by atoms with Gasteiger partial charge in [-0.3, -0.25) is 9.59 Å². The van der Waals surface area contributed by atoms with E-state index in [0.717, 1.165) is 5.56 Å². The topological polar surface area (TPSA) is 60.4 Å². The molecule has 0 aliphatic carbocycles. The van der Waals surface area contributed by atoms with Crippen LogP contribution in [0.5, 0.6) is 0 Å². The Hall–Kier alpha value is -2.95. The van der Waals surface area contributed by atoms with Gasteiger partial charge in [0.25, 0.3) is 5.78 Å². The first kappa shape index (κ1) is 15.0. The minimum atomic E-state index is -0.675. The zero-order chi connectivity index (χ0) is 16.2. The Labute approximate surface area is 131 Å². The van der Waals surface area contributed by atoms with Crippen molar-refractivity contribution in [3.8, 4) is 0 Å². The monoisotopic (exact) mass is 312 g/mol. The highest BCUT2D eigenvalue weighted by atomic mass is 19.1. The summed E-state index contributed by atoms with van der Waals surface area (Å²) in [6, 6.07) is 12.5. The second-order valence-corrected chi connectivity index (χ2v) is 5.08. The van der Waals surface area contributed by atoms with Gasteiger partial charge in [0.1, 0.15) is 17.3 Å². The van der Waals surface area contributed by atoms with Crippen LogP contribution in [0.2, 0.25) is 0 Å². The molecule has 5 heteroatoms. The van der Waals surface area contributed by atoms with Crippen LogP contribution in [0.25, 0.3) is 0 Å². The van der Waals surface area contributed by atoms with Crippen molar-refractivity contribution in [1.82, 2.24) is 0 Å². The van der Waals surface area contributed by atoms with Crippen LogP contribution in [0.4, 0.5) is 4.39 Å². The third kappa shape index (κ3) is 3.63. The minimum Gasteiger partial charge on any atom is -0.465 e. The lowest BCUT2D eigenvalue weighted by atomic mass is 10.1. The lowest BCUT2D eigenvalue weighted by molar-refractivity contribution is -0.114. The average Bonchev–Trinajstić information content (AvgIpc) is 3.21. The van der Waals surface area contributed by atoms with Crippen molar-refractivity contribution < 1.29 is 22.8 Å². The van der Waals surface area contributed by atoms with Gasteiger partial charge in [0.05, 0.1) is 12.7 Å². The molecule has 3 rings (SSSR count). The van der Waals surface area contributed by atoms with Crippen molar-refractivity contribution in [2.75, 3.05) is 0 Å². The lowest BCUT2D eigenvalue weighted by Crippen LogP contribution is -2.15. The van der Waals surface area contributed by atoms with Crippen LogP contribution < -0.4 is 0 Å². The zero-order valence-corrected chi connectivity index (χ0v) is 12.1. The molecule has 1 aromatic carbocycles. The van der Waals surface area contributed by atoms with Gasteiger partial charge in [-0.2, -0.15) is 0 Å². The highest BCUT2D eigenvalue weighted by Crippen LogP contribution is 2.15. The maximum Gasteiger partial charge on any atom is 0.264 e. The fourth-order valence-corrected chi connectivity index (χ4v) is 2.20. The normalized spacial score (nSPS) is 10.7. The van der Waals surface area contributed by atoms with Gasteiger partial charge in [0, 0.05) is 6.42 Å². The van der Waals surface area contributed by atoms with Crippen molar-refractivity contribution in [3.63, 3.8) is 0 Å². The maximum atomic E-state index is 12.9. The molecule has 2 heterocycles. The van der Waals surface area contributed by atoms with E-state index < -0.39 is 11.6 Å². The molecule has 116 valence electrons. The van der Waals surface area contributed by atoms with Crippen LogP contribution in [-0.2, 0) is 17.6 Å². The maximum absolute atomic E-state index is 12.9. The number of furan rings is 2. The summed E-state index contributed by atoms with van der Waals surface area (Å²) in [4.78, 5) is 23.7. The lowest BCUT2D eigenvalue weighted by Gasteiger charge is -1.99. The average molecular weight is 312 g/mol. The van der Waals surface area contributed by atoms with E-state index >= 15 is 0 Å². The Bertz CT molecular complexity index is 813. The molecule has 3 aromatic rings. The molecule has 0 N–H and O–H groups in total. The summed E-state index contributed by atoms with van der Waals surface area (Å²) in [5, 5.41) is 0. The van der Waals surface area contributed by atoms with E-state index in [1.165, 1.54) is 24.5 Å². The number of hydrogen-bond donors (Lipinski definition) is 0. The number of carbonyl (C=O) groups excluding carboxylic acids is 2. The first-order chi connectivity index (χ1) is 11.1. The van der Waals surface area contributed by atoms with Crippen LogP contribution >= 0.6 is 0 Å². The van der Waals surface area contributed by atoms with Crippen LogP contribution in [0.1, 0.15) is 27.6 Å². The summed E-state index contributed by atoms with van der Waals surface area (Å²) in [5.41, 5.74) is 0.894. The van der Waals surface area contributed by atoms with E-state index in [9.17, 15) is 14.0 Å². The fraction of sp³-hybridized carbons (Fsp3) is 0.111. The number of benzene rings is 1. The van der Waals surface area contributed by atoms with Crippen molar-refractivity contribution in [1.29, 1.82) is 0 Å². The van der Waals surface area contributed by atoms with Gasteiger partial charge in [0.2, 0.25) is 5.78 Å². The van der Waals surface area contributed by atoms with E-state index in [1.54, 1.807) is 30.3 Å². The summed E-state index contributed by atoms with van der Waals surface area (Å²) < 4.78 is 23.3. The molecule has 0 spiro atoms. The van der Waals surface area contributed by atoms with Gasteiger partial charge in [-0.15, -0.1) is 0 Å². The largest absolute Gasteiger partial charge is 0.465 e. The van der Waals surface area contributed by atoms with Crippen molar-refractivity contribution >= 4 is 11.6 Å². The second-order valence-electron chi connectivity index (χ2n) is 5.08. The fourth-order valence-electron chi connectivity index (χ4n) is 2.20. The van der Waals surface area contributed by atoms with E-state index in [-0.39, 0.29) is 18.0 Å². The van der Waals surface area contributed by atoms with E-state index in [0.29, 0.717) is 17.9 Å². The molecular formula is C18H13FO4. The first-order valence-corrected chi connectivity index (χ1v) is 7.05. The molecule has 2 aromatic heterocycles. The minimum absolute atomic E-state index is 0.0214. The van der Waals surface area contributed by atoms with Crippen LogP contribution in [0, 0.1) is 5.82 Å². The summed E-state index contributed by atoms with van der Waals surface area (Å²) in [5.74, 6) is -0.491. The quantitative estimate of drug-likeness (QED) is 0.515. The Morgan fingerprint density at radius 3 is 2.39 bits per heavy atom. The van der Waals surface area contributed by atoms with E-state index in [4.69, 9.17) is 8.83 Å². The van der Waals surface area contributed by atoms with Gasteiger partial charge in [0.15, 0.2) is 5.76 Å². The molecule has 0 atom stereocenters. The molecule has 0 fully saturated rings. The first-order valence-electron chi connectivity index (χ1n) is 7.05. The van der Waals surface area contributed by atoms with Gasteiger partial charge >= 0.3 is 0 Å². The number of halogens is 1. The highest BCUT2D eigenvalue weighted by molar-refractivity contribution is 6.43. The van der Waals surface area contributed by atoms with E-state index in [1.807, 2.05) is 0 Å². The molecule has 0 bridgehead atoms. The molecule has 0 amide bonds. The van der Waals surface area contributed by atoms with Crippen LogP contribution in [-0.4, -0.2) is 11.6 Å². The number of rotatable bonds is 6. The molecule has 4 nitrogen and oxygen atoms in total. The van der Waals surface area contributed by atoms with E-state index in [2.05, 4.69) is 0 Å². The third-order valence-corrected chi connectivity index (χ3v) is 3.34. The van der Waals surface area contributed by atoms with Crippen molar-refractivity contribution in [3.05, 3.63) is 83.5 Å². The summed E-state index contributed by atoms with van der Waals surface area (Å²) in [6.07, 6.45) is 1.71. The van der Waals surface area contributed by atoms with Gasteiger partial charge < -0.3 is 8.83 Å². The molecule has 0 radical (unpaired) electrons. The number of ketones is 2. The Kier molecular flexibility index (Phi) is 4.19. The molecule has 0 unspecified atom stereocenters. The van der Waals surface area contributed by atoms with Gasteiger partial charge in [-0.1, -0.05) is 12.1 Å². The molecule has 0 aliphatic heterocycles. The van der Waals surface area contributed by atoms with Crippen molar-refractivity contribution in [2.24, 2.45) is 0 Å². The molecule has 0 aliphatic rings. The predicted molar refractivity (Wildman–Crippen MR) is 79.7 cm³/mol. The number of carbonyl (C=O) groups is 2. The SMILES string of the molecule is O=C(Cc1ccc(Cc2ccc(F)cc2)o1)C(=O)c1ccco1. The number of hydrogen-bond acceptors (Lipinski definition) is 4. The molecule has 0 saturated heterocycles. The Morgan fingerprint density at radius 2 is 1.70 bits per heavy atom. The summed E-state index contributed by atoms with van der Waals surface area (Å²) >= 11 is 0. The van der Waals surface area contributed by atoms with Crippen molar-refractivity contribution in [2.45, 2.75) is 12.8 Å². The van der Waals surface area contributed by atoms with Gasteiger partial charge in [-0.05, 0) is 42.0 Å². The molecule has 0 saturated carbocycles. The highest BCUT2D eigenvalue weighted by Gasteiger charge is 2.20. The zero-order valence-electron chi connectivity index (χ0n) is 12.1. The molecule has 23 heavy (non-hydrogen) atoms. The second kappa shape index (κ2) is 6.44. The predicted octanol–water partition coefficient (Wildman–Crippen LogP) is 3.60. The van der Waals surface area contributed by atoms with Crippen LogP contribution in [0.3, 0.4) is 0 Å². The number of Topliss-reactive ketones (excluding diaryl/α,β-unsaturated/α-hetero) is 2. The third-order valence-electron chi connectivity index (χ3n) is 3.34. The Morgan fingerprint density at radius 1 is 0.957 bits per heavy atom. The van der Waals surface area contributed by atoms with Crippen LogP contribution in [0.15, 0.2) is 63.6 Å². The standard InChI is InChI=1S/C18H13FO4/c19-13-5-3-12(4-6-13)10-14-7-8-15(23-14)11-16(20)18(21)17-2-1-9-22-17/h1-9H,10-11H2. The smallest absolute Gasteiger partial charge is 0.264 e. The summed E-state index contributed by atoms with van der Waals surface area (Å²) in [7, 11) is 0.